The molecule has 1 rings (SSSR count). The molecule has 0 saturated heterocycles. The third-order valence-electron chi connectivity index (χ3n) is 3.81. The number of hydrogen-bond donors (Lipinski definition) is 2. The Morgan fingerprint density at radius 1 is 1.29 bits per heavy atom. The fraction of sp³-hybridized carbons (Fsp3) is 0.529. The van der Waals surface area contributed by atoms with Crippen molar-refractivity contribution in [2.75, 3.05) is 6.54 Å². The number of hydrogen-bond acceptors (Lipinski definition) is 2. The minimum Gasteiger partial charge on any atom is -0.481 e. The van der Waals surface area contributed by atoms with E-state index >= 15 is 0 Å². The van der Waals surface area contributed by atoms with E-state index < -0.39 is 29.5 Å². The van der Waals surface area contributed by atoms with E-state index in [-0.39, 0.29) is 18.9 Å². The molecule has 134 valence electrons. The highest BCUT2D eigenvalue weighted by atomic mass is 19.4. The van der Waals surface area contributed by atoms with Crippen molar-refractivity contribution >= 4 is 11.9 Å². The van der Waals surface area contributed by atoms with Crippen LogP contribution in [0.25, 0.3) is 0 Å². The molecule has 2 unspecified atom stereocenters. The van der Waals surface area contributed by atoms with Gasteiger partial charge in [-0.2, -0.15) is 13.2 Å². The first kappa shape index (κ1) is 20.0. The molecule has 0 aromatic heterocycles. The van der Waals surface area contributed by atoms with E-state index in [1.54, 1.807) is 13.0 Å². The SMILES string of the molecule is CCCC(CNC(=O)CC(C)c1cccc(C(F)(F)F)c1)C(=O)O. The van der Waals surface area contributed by atoms with Crippen molar-refractivity contribution in [3.63, 3.8) is 0 Å². The van der Waals surface area contributed by atoms with Crippen LogP contribution in [-0.2, 0) is 15.8 Å². The van der Waals surface area contributed by atoms with Gasteiger partial charge in [-0.3, -0.25) is 9.59 Å². The maximum atomic E-state index is 12.7. The largest absolute Gasteiger partial charge is 0.481 e. The second-order valence-corrected chi connectivity index (χ2v) is 5.86. The zero-order valence-corrected chi connectivity index (χ0v) is 13.7. The van der Waals surface area contributed by atoms with Gasteiger partial charge in [-0.25, -0.2) is 0 Å². The third-order valence-corrected chi connectivity index (χ3v) is 3.81. The molecule has 0 saturated carbocycles. The summed E-state index contributed by atoms with van der Waals surface area (Å²) >= 11 is 0. The molecule has 1 amide bonds. The van der Waals surface area contributed by atoms with Gasteiger partial charge in [0.2, 0.25) is 5.91 Å². The smallest absolute Gasteiger partial charge is 0.416 e. The molecule has 0 bridgehead atoms. The summed E-state index contributed by atoms with van der Waals surface area (Å²) in [4.78, 5) is 22.9. The Labute approximate surface area is 139 Å². The first-order valence-corrected chi connectivity index (χ1v) is 7.81. The summed E-state index contributed by atoms with van der Waals surface area (Å²) in [6.07, 6.45) is -3.28. The van der Waals surface area contributed by atoms with Crippen LogP contribution in [-0.4, -0.2) is 23.5 Å². The summed E-state index contributed by atoms with van der Waals surface area (Å²) in [6.45, 7) is 3.54. The van der Waals surface area contributed by atoms with Crippen LogP contribution >= 0.6 is 0 Å². The number of nitrogens with one attached hydrogen (secondary N) is 1. The molecular formula is C17H22F3NO3. The Bertz CT molecular complexity index is 572. The maximum absolute atomic E-state index is 12.7. The van der Waals surface area contributed by atoms with E-state index in [0.717, 1.165) is 12.1 Å². The molecule has 0 aliphatic heterocycles. The maximum Gasteiger partial charge on any atom is 0.416 e. The minimum absolute atomic E-state index is 0.000224. The average Bonchev–Trinajstić information content (AvgIpc) is 2.50. The predicted molar refractivity (Wildman–Crippen MR) is 83.5 cm³/mol. The van der Waals surface area contributed by atoms with Gasteiger partial charge in [-0.15, -0.1) is 0 Å². The Morgan fingerprint density at radius 3 is 2.50 bits per heavy atom. The Kier molecular flexibility index (Phi) is 7.25. The van der Waals surface area contributed by atoms with Gasteiger partial charge in [-0.1, -0.05) is 38.5 Å². The molecule has 0 heterocycles. The van der Waals surface area contributed by atoms with Crippen LogP contribution in [0, 0.1) is 5.92 Å². The van der Waals surface area contributed by atoms with Crippen molar-refractivity contribution in [2.45, 2.75) is 45.2 Å². The van der Waals surface area contributed by atoms with Crippen LogP contribution in [0.4, 0.5) is 13.2 Å². The summed E-state index contributed by atoms with van der Waals surface area (Å²) in [7, 11) is 0. The minimum atomic E-state index is -4.42. The first-order chi connectivity index (χ1) is 11.1. The van der Waals surface area contributed by atoms with Gasteiger partial charge in [0.05, 0.1) is 11.5 Å². The van der Waals surface area contributed by atoms with Crippen molar-refractivity contribution in [1.82, 2.24) is 5.32 Å². The van der Waals surface area contributed by atoms with Crippen molar-refractivity contribution in [2.24, 2.45) is 5.92 Å². The standard InChI is InChI=1S/C17H22F3NO3/c1-3-5-13(16(23)24)10-21-15(22)8-11(2)12-6-4-7-14(9-12)17(18,19)20/h4,6-7,9,11,13H,3,5,8,10H2,1-2H3,(H,21,22)(H,23,24). The number of carboxylic acids is 1. The van der Waals surface area contributed by atoms with Crippen LogP contribution in [0.3, 0.4) is 0 Å². The van der Waals surface area contributed by atoms with Crippen LogP contribution in [0.15, 0.2) is 24.3 Å². The monoisotopic (exact) mass is 345 g/mol. The molecule has 2 N–H and O–H groups in total. The average molecular weight is 345 g/mol. The van der Waals surface area contributed by atoms with Crippen molar-refractivity contribution < 1.29 is 27.9 Å². The van der Waals surface area contributed by atoms with Gasteiger partial charge in [0, 0.05) is 13.0 Å². The van der Waals surface area contributed by atoms with Crippen LogP contribution in [0.1, 0.15) is 50.2 Å². The highest BCUT2D eigenvalue weighted by molar-refractivity contribution is 5.78. The normalized spacial score (nSPS) is 14.0. The second-order valence-electron chi connectivity index (χ2n) is 5.86. The van der Waals surface area contributed by atoms with Crippen molar-refractivity contribution in [1.29, 1.82) is 0 Å². The summed E-state index contributed by atoms with van der Waals surface area (Å²) in [6, 6.07) is 4.88. The number of aliphatic carboxylic acids is 1. The van der Waals surface area contributed by atoms with Crippen molar-refractivity contribution in [3.05, 3.63) is 35.4 Å². The molecule has 4 nitrogen and oxygen atoms in total. The van der Waals surface area contributed by atoms with E-state index in [9.17, 15) is 22.8 Å². The lowest BCUT2D eigenvalue weighted by atomic mass is 9.95. The molecule has 24 heavy (non-hydrogen) atoms. The fourth-order valence-electron chi connectivity index (χ4n) is 2.39. The first-order valence-electron chi connectivity index (χ1n) is 7.81. The van der Waals surface area contributed by atoms with Gasteiger partial charge in [0.25, 0.3) is 0 Å². The van der Waals surface area contributed by atoms with Gasteiger partial charge >= 0.3 is 12.1 Å². The van der Waals surface area contributed by atoms with Gasteiger partial charge in [0.15, 0.2) is 0 Å². The van der Waals surface area contributed by atoms with E-state index in [0.29, 0.717) is 18.4 Å². The van der Waals surface area contributed by atoms with Gasteiger partial charge in [-0.05, 0) is 24.0 Å². The summed E-state index contributed by atoms with van der Waals surface area (Å²) in [5.74, 6) is -2.39. The van der Waals surface area contributed by atoms with Crippen LogP contribution in [0.2, 0.25) is 0 Å². The van der Waals surface area contributed by atoms with E-state index in [2.05, 4.69) is 5.32 Å². The number of halogens is 3. The molecule has 1 aromatic rings. The van der Waals surface area contributed by atoms with Crippen LogP contribution in [0.5, 0.6) is 0 Å². The van der Waals surface area contributed by atoms with Crippen molar-refractivity contribution in [3.8, 4) is 0 Å². The zero-order chi connectivity index (χ0) is 18.3. The Morgan fingerprint density at radius 2 is 1.96 bits per heavy atom. The fourth-order valence-corrected chi connectivity index (χ4v) is 2.39. The lowest BCUT2D eigenvalue weighted by molar-refractivity contribution is -0.142. The molecule has 7 heteroatoms. The second kappa shape index (κ2) is 8.70. The molecule has 0 radical (unpaired) electrons. The molecule has 0 fully saturated rings. The zero-order valence-electron chi connectivity index (χ0n) is 13.7. The number of rotatable bonds is 8. The molecule has 0 aliphatic rings. The number of carboxylic acid groups (broad SMARTS) is 1. The molecule has 0 spiro atoms. The topological polar surface area (TPSA) is 66.4 Å². The lowest BCUT2D eigenvalue weighted by Crippen LogP contribution is -2.33. The van der Waals surface area contributed by atoms with Gasteiger partial charge < -0.3 is 10.4 Å². The summed E-state index contributed by atoms with van der Waals surface area (Å²) in [5, 5.41) is 11.6. The number of carbonyl (C=O) groups is 2. The number of benzene rings is 1. The van der Waals surface area contributed by atoms with E-state index in [1.807, 2.05) is 6.92 Å². The quantitative estimate of drug-likeness (QED) is 0.753. The molecule has 0 aliphatic carbocycles. The molecule has 1 aromatic carbocycles. The highest BCUT2D eigenvalue weighted by Crippen LogP contribution is 2.31. The van der Waals surface area contributed by atoms with E-state index in [4.69, 9.17) is 5.11 Å². The Balaban J connectivity index is 2.62. The number of alkyl halides is 3. The number of carbonyl (C=O) groups excluding carboxylic acids is 1. The summed E-state index contributed by atoms with van der Waals surface area (Å²) in [5.41, 5.74) is -0.329. The summed E-state index contributed by atoms with van der Waals surface area (Å²) < 4.78 is 38.2. The third kappa shape index (κ3) is 6.22. The van der Waals surface area contributed by atoms with E-state index in [1.165, 1.54) is 6.07 Å². The lowest BCUT2D eigenvalue weighted by Gasteiger charge is -2.16. The Hall–Kier alpha value is -2.05. The highest BCUT2D eigenvalue weighted by Gasteiger charge is 2.30. The van der Waals surface area contributed by atoms with Gasteiger partial charge in [0.1, 0.15) is 0 Å². The molecule has 2 atom stereocenters. The molecular weight excluding hydrogens is 323 g/mol. The number of amides is 1. The van der Waals surface area contributed by atoms with Crippen LogP contribution < -0.4 is 5.32 Å². The predicted octanol–water partition coefficient (Wildman–Crippen LogP) is 3.82.